The van der Waals surface area contributed by atoms with Crippen LogP contribution < -0.4 is 4.74 Å². The van der Waals surface area contributed by atoms with Crippen LogP contribution in [0.2, 0.25) is 0 Å². The van der Waals surface area contributed by atoms with Gasteiger partial charge in [0.25, 0.3) is 0 Å². The summed E-state index contributed by atoms with van der Waals surface area (Å²) in [5.41, 5.74) is -4.68. The molecule has 0 spiro atoms. The first-order valence-corrected chi connectivity index (χ1v) is 7.12. The number of benzene rings is 1. The molecule has 0 radical (unpaired) electrons. The molecule has 0 fully saturated rings. The SMILES string of the molecule is CCOC(=O)CCc1ccc(SC(F)(F)F)cc1OC(F)(F)F. The van der Waals surface area contributed by atoms with Crippen LogP contribution in [0.25, 0.3) is 0 Å². The van der Waals surface area contributed by atoms with E-state index < -0.39 is 40.2 Å². The molecule has 0 saturated carbocycles. The highest BCUT2D eigenvalue weighted by Crippen LogP contribution is 2.39. The molecule has 23 heavy (non-hydrogen) atoms. The molecule has 10 heteroatoms. The number of aryl methyl sites for hydroxylation is 1. The monoisotopic (exact) mass is 362 g/mol. The molecular formula is C13H12F6O3S. The number of hydrogen-bond donors (Lipinski definition) is 0. The average Bonchev–Trinajstić information content (AvgIpc) is 2.34. The summed E-state index contributed by atoms with van der Waals surface area (Å²) >= 11 is -0.557. The van der Waals surface area contributed by atoms with Crippen molar-refractivity contribution in [2.24, 2.45) is 0 Å². The molecule has 0 heterocycles. The van der Waals surface area contributed by atoms with Gasteiger partial charge in [-0.15, -0.1) is 13.2 Å². The Bertz CT molecular complexity index is 541. The summed E-state index contributed by atoms with van der Waals surface area (Å²) in [6.45, 7) is 1.69. The molecule has 0 bridgehead atoms. The van der Waals surface area contributed by atoms with E-state index in [-0.39, 0.29) is 25.0 Å². The molecule has 0 saturated heterocycles. The summed E-state index contributed by atoms with van der Waals surface area (Å²) in [4.78, 5) is 10.8. The fraction of sp³-hybridized carbons (Fsp3) is 0.462. The van der Waals surface area contributed by atoms with Gasteiger partial charge < -0.3 is 9.47 Å². The molecule has 0 N–H and O–H groups in total. The van der Waals surface area contributed by atoms with Crippen molar-refractivity contribution in [1.82, 2.24) is 0 Å². The fourth-order valence-electron chi connectivity index (χ4n) is 1.63. The van der Waals surface area contributed by atoms with E-state index in [1.165, 1.54) is 0 Å². The van der Waals surface area contributed by atoms with Crippen molar-refractivity contribution < 1.29 is 40.6 Å². The molecule has 1 aromatic carbocycles. The second-order valence-electron chi connectivity index (χ2n) is 4.17. The van der Waals surface area contributed by atoms with Gasteiger partial charge in [0.2, 0.25) is 0 Å². The minimum Gasteiger partial charge on any atom is -0.466 e. The Morgan fingerprint density at radius 1 is 1.17 bits per heavy atom. The van der Waals surface area contributed by atoms with Crippen LogP contribution in [-0.4, -0.2) is 24.4 Å². The van der Waals surface area contributed by atoms with Gasteiger partial charge in [0.05, 0.1) is 6.61 Å². The van der Waals surface area contributed by atoms with E-state index in [9.17, 15) is 31.1 Å². The van der Waals surface area contributed by atoms with Crippen LogP contribution in [0.15, 0.2) is 23.1 Å². The first-order chi connectivity index (χ1) is 10.5. The van der Waals surface area contributed by atoms with Crippen molar-refractivity contribution >= 4 is 17.7 Å². The highest BCUT2D eigenvalue weighted by Gasteiger charge is 2.33. The third kappa shape index (κ3) is 8.00. The number of halogens is 6. The van der Waals surface area contributed by atoms with Crippen LogP contribution in [-0.2, 0) is 16.0 Å². The maximum Gasteiger partial charge on any atom is 0.573 e. The van der Waals surface area contributed by atoms with Gasteiger partial charge in [0, 0.05) is 11.3 Å². The normalized spacial score (nSPS) is 12.1. The highest BCUT2D eigenvalue weighted by atomic mass is 32.2. The third-order valence-electron chi connectivity index (χ3n) is 2.40. The van der Waals surface area contributed by atoms with E-state index in [0.29, 0.717) is 6.07 Å². The van der Waals surface area contributed by atoms with E-state index in [2.05, 4.69) is 9.47 Å². The van der Waals surface area contributed by atoms with Gasteiger partial charge in [-0.25, -0.2) is 0 Å². The minimum absolute atomic E-state index is 0.0399. The lowest BCUT2D eigenvalue weighted by atomic mass is 10.1. The van der Waals surface area contributed by atoms with Gasteiger partial charge in [0.1, 0.15) is 5.75 Å². The molecule has 3 nitrogen and oxygen atoms in total. The van der Waals surface area contributed by atoms with Crippen LogP contribution in [0, 0.1) is 0 Å². The van der Waals surface area contributed by atoms with Crippen LogP contribution in [0.3, 0.4) is 0 Å². The van der Waals surface area contributed by atoms with Gasteiger partial charge in [-0.1, -0.05) is 6.07 Å². The third-order valence-corrected chi connectivity index (χ3v) is 3.12. The zero-order chi connectivity index (χ0) is 17.7. The summed E-state index contributed by atoms with van der Waals surface area (Å²) in [7, 11) is 0. The van der Waals surface area contributed by atoms with Crippen LogP contribution >= 0.6 is 11.8 Å². The molecule has 0 aliphatic carbocycles. The Morgan fingerprint density at radius 3 is 2.35 bits per heavy atom. The molecule has 0 aromatic heterocycles. The van der Waals surface area contributed by atoms with Gasteiger partial charge in [-0.3, -0.25) is 4.79 Å². The van der Waals surface area contributed by atoms with E-state index in [1.54, 1.807) is 6.92 Å². The standard InChI is InChI=1S/C13H12F6O3S/c1-2-21-11(20)6-4-8-3-5-9(23-13(17,18)19)7-10(8)22-12(14,15)16/h3,5,7H,2,4,6H2,1H3. The number of rotatable bonds is 6. The number of alkyl halides is 6. The number of carbonyl (C=O) groups is 1. The molecule has 1 aromatic rings. The lowest BCUT2D eigenvalue weighted by Gasteiger charge is -2.15. The first-order valence-electron chi connectivity index (χ1n) is 6.30. The molecule has 0 amide bonds. The van der Waals surface area contributed by atoms with Crippen molar-refractivity contribution in [3.8, 4) is 5.75 Å². The molecular weight excluding hydrogens is 350 g/mol. The summed E-state index contributed by atoms with van der Waals surface area (Å²) < 4.78 is 82.4. The fourth-order valence-corrected chi connectivity index (χ4v) is 2.20. The second kappa shape index (κ2) is 7.80. The predicted octanol–water partition coefficient (Wildman–Crippen LogP) is 4.69. The van der Waals surface area contributed by atoms with Crippen LogP contribution in [0.5, 0.6) is 5.75 Å². The lowest BCUT2D eigenvalue weighted by molar-refractivity contribution is -0.275. The number of esters is 1. The van der Waals surface area contributed by atoms with Gasteiger partial charge in [-0.05, 0) is 42.8 Å². The Kier molecular flexibility index (Phi) is 6.60. The van der Waals surface area contributed by atoms with E-state index >= 15 is 0 Å². The van der Waals surface area contributed by atoms with Crippen molar-refractivity contribution in [2.75, 3.05) is 6.61 Å². The highest BCUT2D eigenvalue weighted by molar-refractivity contribution is 8.00. The van der Waals surface area contributed by atoms with Gasteiger partial charge in [0.15, 0.2) is 0 Å². The Morgan fingerprint density at radius 2 is 1.83 bits per heavy atom. The van der Waals surface area contributed by atoms with E-state index in [0.717, 1.165) is 12.1 Å². The maximum absolute atomic E-state index is 12.4. The zero-order valence-corrected chi connectivity index (χ0v) is 12.6. The quantitative estimate of drug-likeness (QED) is 0.418. The Labute approximate surface area is 131 Å². The number of thioether (sulfide) groups is 1. The number of hydrogen-bond acceptors (Lipinski definition) is 4. The minimum atomic E-state index is -5.06. The summed E-state index contributed by atoms with van der Waals surface area (Å²) in [5, 5.41) is 0. The Hall–Kier alpha value is -1.58. The molecule has 130 valence electrons. The summed E-state index contributed by atoms with van der Waals surface area (Å²) in [6.07, 6.45) is -5.42. The lowest BCUT2D eigenvalue weighted by Crippen LogP contribution is -2.18. The number of ether oxygens (including phenoxy) is 2. The van der Waals surface area contributed by atoms with Crippen molar-refractivity contribution in [1.29, 1.82) is 0 Å². The van der Waals surface area contributed by atoms with Gasteiger partial charge in [-0.2, -0.15) is 13.2 Å². The first kappa shape index (κ1) is 19.5. The molecule has 0 aliphatic heterocycles. The topological polar surface area (TPSA) is 35.5 Å². The molecule has 0 aliphatic rings. The van der Waals surface area contributed by atoms with Crippen LogP contribution in [0.1, 0.15) is 18.9 Å². The Balaban J connectivity index is 2.96. The molecule has 0 atom stereocenters. The zero-order valence-electron chi connectivity index (χ0n) is 11.8. The summed E-state index contributed by atoms with van der Waals surface area (Å²) in [5.74, 6) is -1.39. The second-order valence-corrected chi connectivity index (χ2v) is 5.31. The van der Waals surface area contributed by atoms with Crippen molar-refractivity contribution in [2.45, 2.75) is 36.5 Å². The van der Waals surface area contributed by atoms with E-state index in [1.807, 2.05) is 0 Å². The molecule has 1 rings (SSSR count). The number of carbonyl (C=O) groups excluding carboxylic acids is 1. The predicted molar refractivity (Wildman–Crippen MR) is 70.0 cm³/mol. The van der Waals surface area contributed by atoms with Crippen LogP contribution in [0.4, 0.5) is 26.3 Å². The van der Waals surface area contributed by atoms with Gasteiger partial charge >= 0.3 is 17.8 Å². The smallest absolute Gasteiger partial charge is 0.466 e. The average molecular weight is 362 g/mol. The van der Waals surface area contributed by atoms with Crippen molar-refractivity contribution in [3.05, 3.63) is 23.8 Å². The largest absolute Gasteiger partial charge is 0.573 e. The maximum atomic E-state index is 12.4. The molecule has 0 unspecified atom stereocenters. The van der Waals surface area contributed by atoms with Crippen molar-refractivity contribution in [3.63, 3.8) is 0 Å². The summed E-state index contributed by atoms with van der Waals surface area (Å²) in [6, 6.07) is 2.72. The van der Waals surface area contributed by atoms with E-state index in [4.69, 9.17) is 0 Å².